The Bertz CT molecular complexity index is 560. The van der Waals surface area contributed by atoms with E-state index in [2.05, 4.69) is 38.0 Å². The number of hydrogen-bond donors (Lipinski definition) is 2. The zero-order chi connectivity index (χ0) is 13.0. The van der Waals surface area contributed by atoms with Crippen molar-refractivity contribution in [3.05, 3.63) is 53.2 Å². The average Bonchev–Trinajstić information content (AvgIpc) is 2.86. The molecule has 2 N–H and O–H groups in total. The van der Waals surface area contributed by atoms with E-state index in [1.807, 2.05) is 24.3 Å². The van der Waals surface area contributed by atoms with Crippen LogP contribution in [0.4, 0.5) is 0 Å². The average molecular weight is 306 g/mol. The molecule has 2 aromatic rings. The Balaban J connectivity index is 2.17. The van der Waals surface area contributed by atoms with Crippen LogP contribution in [0.3, 0.4) is 0 Å². The van der Waals surface area contributed by atoms with Crippen LogP contribution in [0.15, 0.2) is 47.5 Å². The highest BCUT2D eigenvalue weighted by Crippen LogP contribution is 2.20. The lowest BCUT2D eigenvalue weighted by Gasteiger charge is -1.97. The number of nitrogens with one attached hydrogen (secondary N) is 2. The first-order chi connectivity index (χ1) is 8.70. The molecule has 1 aromatic heterocycles. The number of hydrogen-bond acceptors (Lipinski definition) is 2. The van der Waals surface area contributed by atoms with Gasteiger partial charge in [0.1, 0.15) is 5.69 Å². The number of aromatic nitrogens is 2. The summed E-state index contributed by atoms with van der Waals surface area (Å²) in [6.07, 6.45) is 1.63. The molecule has 1 amide bonds. The lowest BCUT2D eigenvalue weighted by atomic mass is 10.1. The van der Waals surface area contributed by atoms with Gasteiger partial charge in [-0.2, -0.15) is 5.10 Å². The van der Waals surface area contributed by atoms with Crippen molar-refractivity contribution in [1.82, 2.24) is 15.5 Å². The Hall–Kier alpha value is -1.88. The molecule has 0 bridgehead atoms. The fraction of sp³-hybridized carbons (Fsp3) is 0.0769. The normalized spacial score (nSPS) is 10.1. The SMILES string of the molecule is C=CCNC(=O)c1cc(-c2ccc(Br)cc2)n[nH]1. The quantitative estimate of drug-likeness (QED) is 0.853. The van der Waals surface area contributed by atoms with Crippen LogP contribution in [0, 0.1) is 0 Å². The van der Waals surface area contributed by atoms with Crippen molar-refractivity contribution in [3.63, 3.8) is 0 Å². The van der Waals surface area contributed by atoms with Crippen molar-refractivity contribution in [1.29, 1.82) is 0 Å². The lowest BCUT2D eigenvalue weighted by molar-refractivity contribution is 0.0953. The summed E-state index contributed by atoms with van der Waals surface area (Å²) >= 11 is 3.37. The maximum absolute atomic E-state index is 11.7. The van der Waals surface area contributed by atoms with Gasteiger partial charge in [-0.3, -0.25) is 9.89 Å². The number of aromatic amines is 1. The molecule has 0 saturated carbocycles. The number of carbonyl (C=O) groups excluding carboxylic acids is 1. The molecule has 4 nitrogen and oxygen atoms in total. The van der Waals surface area contributed by atoms with E-state index in [-0.39, 0.29) is 5.91 Å². The highest BCUT2D eigenvalue weighted by molar-refractivity contribution is 9.10. The van der Waals surface area contributed by atoms with Crippen LogP contribution in [0.1, 0.15) is 10.5 Å². The first kappa shape index (κ1) is 12.6. The Morgan fingerprint density at radius 1 is 1.44 bits per heavy atom. The highest BCUT2D eigenvalue weighted by atomic mass is 79.9. The van der Waals surface area contributed by atoms with Gasteiger partial charge in [0.2, 0.25) is 0 Å². The Kier molecular flexibility index (Phi) is 3.94. The number of halogens is 1. The van der Waals surface area contributed by atoms with E-state index in [1.54, 1.807) is 12.1 Å². The van der Waals surface area contributed by atoms with Crippen LogP contribution in [0.25, 0.3) is 11.3 Å². The molecule has 0 aliphatic rings. The molecule has 5 heteroatoms. The van der Waals surface area contributed by atoms with E-state index in [4.69, 9.17) is 0 Å². The number of nitrogens with zero attached hydrogens (tertiary/aromatic N) is 1. The lowest BCUT2D eigenvalue weighted by Crippen LogP contribution is -2.23. The molecule has 0 aliphatic heterocycles. The van der Waals surface area contributed by atoms with Crippen molar-refractivity contribution in [2.75, 3.05) is 6.54 Å². The van der Waals surface area contributed by atoms with Crippen molar-refractivity contribution >= 4 is 21.8 Å². The Morgan fingerprint density at radius 2 is 2.17 bits per heavy atom. The molecule has 0 aliphatic carbocycles. The maximum atomic E-state index is 11.7. The first-order valence-corrected chi connectivity index (χ1v) is 6.20. The molecule has 0 saturated heterocycles. The number of H-pyrrole nitrogens is 1. The van der Waals surface area contributed by atoms with Crippen molar-refractivity contribution < 1.29 is 4.79 Å². The van der Waals surface area contributed by atoms with Gasteiger partial charge in [0, 0.05) is 16.6 Å². The molecule has 0 spiro atoms. The molecule has 1 heterocycles. The van der Waals surface area contributed by atoms with E-state index in [9.17, 15) is 4.79 Å². The van der Waals surface area contributed by atoms with E-state index < -0.39 is 0 Å². The summed E-state index contributed by atoms with van der Waals surface area (Å²) in [6.45, 7) is 3.98. The molecule has 2 rings (SSSR count). The Labute approximate surface area is 113 Å². The van der Waals surface area contributed by atoms with Crippen molar-refractivity contribution in [2.45, 2.75) is 0 Å². The van der Waals surface area contributed by atoms with Crippen LogP contribution >= 0.6 is 15.9 Å². The standard InChI is InChI=1S/C13H12BrN3O/c1-2-7-15-13(18)12-8-11(16-17-12)9-3-5-10(14)6-4-9/h2-6,8H,1,7H2,(H,15,18)(H,16,17). The molecule has 1 aromatic carbocycles. The summed E-state index contributed by atoms with van der Waals surface area (Å²) in [6, 6.07) is 9.46. The Morgan fingerprint density at radius 3 is 2.83 bits per heavy atom. The van der Waals surface area contributed by atoms with Crippen LogP contribution in [-0.4, -0.2) is 22.6 Å². The van der Waals surface area contributed by atoms with Gasteiger partial charge < -0.3 is 5.32 Å². The second-order valence-electron chi connectivity index (χ2n) is 3.67. The van der Waals surface area contributed by atoms with E-state index in [1.165, 1.54) is 0 Å². The third-order valence-corrected chi connectivity index (χ3v) is 2.90. The molecule has 0 radical (unpaired) electrons. The van der Waals surface area contributed by atoms with Crippen LogP contribution < -0.4 is 5.32 Å². The smallest absolute Gasteiger partial charge is 0.269 e. The second-order valence-corrected chi connectivity index (χ2v) is 4.59. The molecular weight excluding hydrogens is 294 g/mol. The molecular formula is C13H12BrN3O. The van der Waals surface area contributed by atoms with Gasteiger partial charge in [0.25, 0.3) is 5.91 Å². The van der Waals surface area contributed by atoms with E-state index >= 15 is 0 Å². The molecule has 0 atom stereocenters. The van der Waals surface area contributed by atoms with Crippen LogP contribution in [0.2, 0.25) is 0 Å². The minimum absolute atomic E-state index is 0.189. The summed E-state index contributed by atoms with van der Waals surface area (Å²) in [5.74, 6) is -0.189. The number of amides is 1. The molecule has 0 unspecified atom stereocenters. The predicted molar refractivity (Wildman–Crippen MR) is 74.3 cm³/mol. The van der Waals surface area contributed by atoms with Gasteiger partial charge in [0.05, 0.1) is 5.69 Å². The van der Waals surface area contributed by atoms with Gasteiger partial charge in [-0.25, -0.2) is 0 Å². The molecule has 18 heavy (non-hydrogen) atoms. The third-order valence-electron chi connectivity index (χ3n) is 2.37. The second kappa shape index (κ2) is 5.64. The monoisotopic (exact) mass is 305 g/mol. The number of benzene rings is 1. The minimum atomic E-state index is -0.189. The van der Waals surface area contributed by atoms with E-state index in [0.717, 1.165) is 15.7 Å². The van der Waals surface area contributed by atoms with Crippen LogP contribution in [0.5, 0.6) is 0 Å². The number of carbonyl (C=O) groups is 1. The zero-order valence-electron chi connectivity index (χ0n) is 9.61. The van der Waals surface area contributed by atoms with Gasteiger partial charge in [-0.1, -0.05) is 34.1 Å². The third kappa shape index (κ3) is 2.87. The summed E-state index contributed by atoms with van der Waals surface area (Å²) < 4.78 is 1.01. The highest BCUT2D eigenvalue weighted by Gasteiger charge is 2.09. The maximum Gasteiger partial charge on any atom is 0.269 e. The summed E-state index contributed by atoms with van der Waals surface area (Å²) in [7, 11) is 0. The van der Waals surface area contributed by atoms with Gasteiger partial charge in [-0.15, -0.1) is 6.58 Å². The summed E-state index contributed by atoms with van der Waals surface area (Å²) in [5, 5.41) is 9.52. The van der Waals surface area contributed by atoms with Gasteiger partial charge >= 0.3 is 0 Å². The van der Waals surface area contributed by atoms with Crippen molar-refractivity contribution in [3.8, 4) is 11.3 Å². The molecule has 0 fully saturated rings. The first-order valence-electron chi connectivity index (χ1n) is 5.41. The topological polar surface area (TPSA) is 57.8 Å². The number of rotatable bonds is 4. The summed E-state index contributed by atoms with van der Waals surface area (Å²) in [5.41, 5.74) is 2.14. The fourth-order valence-electron chi connectivity index (χ4n) is 1.47. The largest absolute Gasteiger partial charge is 0.347 e. The van der Waals surface area contributed by atoms with Crippen molar-refractivity contribution in [2.24, 2.45) is 0 Å². The van der Waals surface area contributed by atoms with Gasteiger partial charge in [0.15, 0.2) is 0 Å². The van der Waals surface area contributed by atoms with E-state index in [0.29, 0.717) is 12.2 Å². The van der Waals surface area contributed by atoms with Crippen LogP contribution in [-0.2, 0) is 0 Å². The van der Waals surface area contributed by atoms with Gasteiger partial charge in [-0.05, 0) is 18.2 Å². The fourth-order valence-corrected chi connectivity index (χ4v) is 1.73. The summed E-state index contributed by atoms with van der Waals surface area (Å²) in [4.78, 5) is 11.7. The predicted octanol–water partition coefficient (Wildman–Crippen LogP) is 2.75. The zero-order valence-corrected chi connectivity index (χ0v) is 11.2. The minimum Gasteiger partial charge on any atom is -0.347 e. The molecule has 92 valence electrons.